The van der Waals surface area contributed by atoms with Gasteiger partial charge in [0.1, 0.15) is 6.17 Å². The van der Waals surface area contributed by atoms with Gasteiger partial charge in [-0.25, -0.2) is 18.7 Å². The van der Waals surface area contributed by atoms with Gasteiger partial charge in [-0.3, -0.25) is 0 Å². The minimum absolute atomic E-state index is 0.0289. The molecule has 1 saturated heterocycles. The van der Waals surface area contributed by atoms with Crippen LogP contribution >= 0.6 is 23.5 Å². The van der Waals surface area contributed by atoms with E-state index in [1.165, 1.54) is 6.20 Å². The molecule has 156 valence electrons. The third-order valence-electron chi connectivity index (χ3n) is 4.64. The molecule has 0 aliphatic carbocycles. The maximum Gasteiger partial charge on any atom is 0.183 e. The first kappa shape index (κ1) is 20.5. The zero-order valence-electron chi connectivity index (χ0n) is 16.3. The van der Waals surface area contributed by atoms with Gasteiger partial charge in [-0.15, -0.1) is 0 Å². The molecular weight excluding hydrogens is 415 g/mol. The fraction of sp³-hybridized carbons (Fsp3) is 0.474. The summed E-state index contributed by atoms with van der Waals surface area (Å²) in [4.78, 5) is 8.58. The molecule has 0 bridgehead atoms. The summed E-state index contributed by atoms with van der Waals surface area (Å²) in [7, 11) is 0. The van der Waals surface area contributed by atoms with E-state index in [2.05, 4.69) is 44.1 Å². The van der Waals surface area contributed by atoms with Gasteiger partial charge >= 0.3 is 0 Å². The summed E-state index contributed by atoms with van der Waals surface area (Å²) < 4.78 is 22.4. The standard InChI is InChI=1S/C19H24ClFN6OS/c1-11(2)29-27-3-4-28-13(10-27)7-23-19-16(21)9-25-18(26-19)15-8-24-17-14(15)5-12(20)6-22-17/h5-6,8-9,11,13,17,22,24H,3-4,7,10H2,1-2H3,(H,23,25,26). The maximum atomic E-state index is 14.3. The number of halogens is 2. The lowest BCUT2D eigenvalue weighted by atomic mass is 10.0. The summed E-state index contributed by atoms with van der Waals surface area (Å²) in [6.45, 7) is 7.16. The van der Waals surface area contributed by atoms with Gasteiger partial charge < -0.3 is 20.7 Å². The molecule has 1 aromatic heterocycles. The Kier molecular flexibility index (Phi) is 6.29. The molecule has 0 aromatic carbocycles. The number of allylic oxidation sites excluding steroid dienone is 2. The van der Waals surface area contributed by atoms with Crippen LogP contribution in [0.25, 0.3) is 5.57 Å². The Labute approximate surface area is 179 Å². The zero-order chi connectivity index (χ0) is 20.4. The largest absolute Gasteiger partial charge is 0.374 e. The Hall–Kier alpha value is -1.81. The Balaban J connectivity index is 1.44. The van der Waals surface area contributed by atoms with Crippen LogP contribution in [0.2, 0.25) is 0 Å². The van der Waals surface area contributed by atoms with E-state index in [9.17, 15) is 4.39 Å². The number of nitrogens with one attached hydrogen (secondary N) is 3. The first-order valence-corrected chi connectivity index (χ1v) is 10.8. The van der Waals surface area contributed by atoms with Crippen molar-refractivity contribution in [2.45, 2.75) is 31.4 Å². The van der Waals surface area contributed by atoms with E-state index >= 15 is 0 Å². The number of hydrogen-bond acceptors (Lipinski definition) is 8. The normalized spacial score (nSPS) is 24.2. The van der Waals surface area contributed by atoms with Crippen molar-refractivity contribution in [2.24, 2.45) is 0 Å². The minimum atomic E-state index is -0.491. The second kappa shape index (κ2) is 8.91. The SMILES string of the molecule is CC(C)SN1CCOC(CNc2nc(C3=CNC4NC=C(Cl)C=C34)ncc2F)C1. The highest BCUT2D eigenvalue weighted by Crippen LogP contribution is 2.31. The van der Waals surface area contributed by atoms with Gasteiger partial charge in [0, 0.05) is 48.4 Å². The van der Waals surface area contributed by atoms with Crippen LogP contribution in [0.3, 0.4) is 0 Å². The highest BCUT2D eigenvalue weighted by Gasteiger charge is 2.28. The molecule has 29 heavy (non-hydrogen) atoms. The summed E-state index contributed by atoms with van der Waals surface area (Å²) in [5.74, 6) is 0.113. The van der Waals surface area contributed by atoms with Crippen LogP contribution in [0.4, 0.5) is 10.2 Å². The van der Waals surface area contributed by atoms with E-state index in [1.807, 2.05) is 24.2 Å². The van der Waals surface area contributed by atoms with Crippen molar-refractivity contribution >= 4 is 34.9 Å². The number of nitrogens with zero attached hydrogens (tertiary/aromatic N) is 3. The zero-order valence-corrected chi connectivity index (χ0v) is 17.9. The van der Waals surface area contributed by atoms with Gasteiger partial charge in [0.25, 0.3) is 0 Å². The lowest BCUT2D eigenvalue weighted by molar-refractivity contribution is 0.00983. The van der Waals surface area contributed by atoms with Crippen molar-refractivity contribution in [3.8, 4) is 0 Å². The minimum Gasteiger partial charge on any atom is -0.374 e. The van der Waals surface area contributed by atoms with Crippen molar-refractivity contribution in [1.82, 2.24) is 24.9 Å². The van der Waals surface area contributed by atoms with Crippen LogP contribution in [0.15, 0.2) is 35.3 Å². The van der Waals surface area contributed by atoms with Crippen LogP contribution in [0, 0.1) is 5.82 Å². The summed E-state index contributed by atoms with van der Waals surface area (Å²) in [5.41, 5.74) is 1.71. The van der Waals surface area contributed by atoms with Crippen LogP contribution in [-0.2, 0) is 4.74 Å². The maximum absolute atomic E-state index is 14.3. The van der Waals surface area contributed by atoms with Crippen molar-refractivity contribution in [2.75, 3.05) is 31.6 Å². The summed E-state index contributed by atoms with van der Waals surface area (Å²) >= 11 is 7.92. The molecule has 1 aromatic rings. The number of anilines is 1. The highest BCUT2D eigenvalue weighted by molar-refractivity contribution is 7.97. The molecule has 0 amide bonds. The molecule has 7 nitrogen and oxygen atoms in total. The molecule has 3 N–H and O–H groups in total. The van der Waals surface area contributed by atoms with Gasteiger partial charge in [-0.2, -0.15) is 0 Å². The van der Waals surface area contributed by atoms with Gasteiger partial charge in [0.05, 0.1) is 23.9 Å². The van der Waals surface area contributed by atoms with Crippen molar-refractivity contribution < 1.29 is 9.13 Å². The summed E-state index contributed by atoms with van der Waals surface area (Å²) in [6.07, 6.45) is 6.47. The summed E-state index contributed by atoms with van der Waals surface area (Å²) in [6, 6.07) is 0. The average molecular weight is 439 g/mol. The molecule has 2 atom stereocenters. The van der Waals surface area contributed by atoms with E-state index < -0.39 is 5.82 Å². The molecule has 4 rings (SSSR count). The first-order valence-electron chi connectivity index (χ1n) is 9.59. The quantitative estimate of drug-likeness (QED) is 0.585. The lowest BCUT2D eigenvalue weighted by Crippen LogP contribution is -2.42. The summed E-state index contributed by atoms with van der Waals surface area (Å²) in [5, 5.41) is 10.5. The molecule has 0 saturated carbocycles. The monoisotopic (exact) mass is 438 g/mol. The topological polar surface area (TPSA) is 74.3 Å². The fourth-order valence-electron chi connectivity index (χ4n) is 3.38. The van der Waals surface area contributed by atoms with Crippen molar-refractivity contribution in [3.63, 3.8) is 0 Å². The molecule has 0 radical (unpaired) electrons. The van der Waals surface area contributed by atoms with Crippen molar-refractivity contribution in [3.05, 3.63) is 46.9 Å². The van der Waals surface area contributed by atoms with E-state index in [-0.39, 0.29) is 18.1 Å². The fourth-order valence-corrected chi connectivity index (χ4v) is 4.59. The number of ether oxygens (including phenoxy) is 1. The number of dihydropyridines is 1. The van der Waals surface area contributed by atoms with Crippen LogP contribution in [-0.4, -0.2) is 58.0 Å². The van der Waals surface area contributed by atoms with Crippen LogP contribution in [0.5, 0.6) is 0 Å². The Morgan fingerprint density at radius 1 is 1.41 bits per heavy atom. The molecule has 10 heteroatoms. The van der Waals surface area contributed by atoms with Crippen LogP contribution < -0.4 is 16.0 Å². The molecule has 0 spiro atoms. The van der Waals surface area contributed by atoms with Crippen LogP contribution in [0.1, 0.15) is 19.7 Å². The number of aromatic nitrogens is 2. The van der Waals surface area contributed by atoms with E-state index in [0.717, 1.165) is 24.2 Å². The predicted octanol–water partition coefficient (Wildman–Crippen LogP) is 2.67. The molecular formula is C19H24ClFN6OS. The van der Waals surface area contributed by atoms with E-state index in [1.54, 1.807) is 6.20 Å². The third-order valence-corrected chi connectivity index (χ3v) is 5.91. The molecule has 3 aliphatic rings. The van der Waals surface area contributed by atoms with Gasteiger partial charge in [0.15, 0.2) is 17.5 Å². The van der Waals surface area contributed by atoms with Crippen molar-refractivity contribution in [1.29, 1.82) is 0 Å². The first-order chi connectivity index (χ1) is 14.0. The van der Waals surface area contributed by atoms with E-state index in [0.29, 0.717) is 29.3 Å². The number of hydrogen-bond donors (Lipinski definition) is 3. The number of morpholine rings is 1. The Bertz CT molecular complexity index is 861. The number of rotatable bonds is 6. The molecule has 1 fully saturated rings. The van der Waals surface area contributed by atoms with E-state index in [4.69, 9.17) is 16.3 Å². The predicted molar refractivity (Wildman–Crippen MR) is 115 cm³/mol. The molecule has 4 heterocycles. The average Bonchev–Trinajstić information content (AvgIpc) is 3.10. The van der Waals surface area contributed by atoms with Gasteiger partial charge in [-0.1, -0.05) is 37.4 Å². The molecule has 2 unspecified atom stereocenters. The Morgan fingerprint density at radius 2 is 2.24 bits per heavy atom. The second-order valence-electron chi connectivity index (χ2n) is 7.26. The Morgan fingerprint density at radius 3 is 3.07 bits per heavy atom. The smallest absolute Gasteiger partial charge is 0.183 e. The van der Waals surface area contributed by atoms with Gasteiger partial charge in [-0.05, 0) is 6.08 Å². The number of fused-ring (bicyclic) bond motifs is 1. The highest BCUT2D eigenvalue weighted by atomic mass is 35.5. The van der Waals surface area contributed by atoms with Gasteiger partial charge in [0.2, 0.25) is 0 Å². The third kappa shape index (κ3) is 4.85. The molecule has 3 aliphatic heterocycles. The second-order valence-corrected chi connectivity index (χ2v) is 9.37. The lowest BCUT2D eigenvalue weighted by Gasteiger charge is -2.33.